The van der Waals surface area contributed by atoms with Crippen LogP contribution in [0, 0.1) is 23.7 Å². The van der Waals surface area contributed by atoms with E-state index in [1.165, 1.54) is 5.56 Å². The molecule has 2 heteroatoms. The zero-order valence-corrected chi connectivity index (χ0v) is 15.7. The summed E-state index contributed by atoms with van der Waals surface area (Å²) in [6, 6.07) is 10.4. The molecule has 1 aromatic rings. The number of benzene rings is 1. The topological polar surface area (TPSA) is 18.5 Å². The fourth-order valence-corrected chi connectivity index (χ4v) is 3.69. The first-order valence-corrected chi connectivity index (χ1v) is 8.74. The standard InChI is InChI=1S/C21H34O2/c1-8-19(21(23-7)18-13-11-10-12-14-18)16(4)15(3)17(5)20(9-2)22-6/h8,10-17,19-21H,1,9H2,2-7H3/t15-,16+,17-,19+,20-,21?/m1/s1. The Morgan fingerprint density at radius 2 is 1.57 bits per heavy atom. The van der Waals surface area contributed by atoms with Crippen LogP contribution >= 0.6 is 0 Å². The molecule has 0 heterocycles. The quantitative estimate of drug-likeness (QED) is 0.530. The molecule has 0 saturated carbocycles. The van der Waals surface area contributed by atoms with E-state index in [1.807, 2.05) is 13.2 Å². The molecule has 1 unspecified atom stereocenters. The van der Waals surface area contributed by atoms with Crippen LogP contribution in [0.1, 0.15) is 45.8 Å². The van der Waals surface area contributed by atoms with Gasteiger partial charge >= 0.3 is 0 Å². The van der Waals surface area contributed by atoms with E-state index in [0.29, 0.717) is 23.9 Å². The molecule has 1 rings (SSSR count). The van der Waals surface area contributed by atoms with Gasteiger partial charge in [0.15, 0.2) is 0 Å². The average molecular weight is 319 g/mol. The summed E-state index contributed by atoms with van der Waals surface area (Å²) in [5.41, 5.74) is 1.21. The van der Waals surface area contributed by atoms with Crippen LogP contribution in [0.25, 0.3) is 0 Å². The van der Waals surface area contributed by atoms with Crippen molar-refractivity contribution < 1.29 is 9.47 Å². The maximum Gasteiger partial charge on any atom is 0.0886 e. The summed E-state index contributed by atoms with van der Waals surface area (Å²) in [5.74, 6) is 1.74. The summed E-state index contributed by atoms with van der Waals surface area (Å²) < 4.78 is 11.5. The van der Waals surface area contributed by atoms with Gasteiger partial charge in [-0.1, -0.05) is 64.1 Å². The van der Waals surface area contributed by atoms with Crippen molar-refractivity contribution in [1.82, 2.24) is 0 Å². The monoisotopic (exact) mass is 318 g/mol. The Kier molecular flexibility index (Phi) is 8.57. The van der Waals surface area contributed by atoms with E-state index in [4.69, 9.17) is 9.47 Å². The predicted octanol–water partition coefficient (Wildman–Crippen LogP) is 5.51. The van der Waals surface area contributed by atoms with Gasteiger partial charge < -0.3 is 9.47 Å². The van der Waals surface area contributed by atoms with E-state index >= 15 is 0 Å². The molecule has 23 heavy (non-hydrogen) atoms. The van der Waals surface area contributed by atoms with Crippen molar-refractivity contribution in [3.05, 3.63) is 48.6 Å². The largest absolute Gasteiger partial charge is 0.381 e. The molecule has 6 atom stereocenters. The first-order chi connectivity index (χ1) is 11.0. The third kappa shape index (κ3) is 4.92. The lowest BCUT2D eigenvalue weighted by Gasteiger charge is -2.37. The number of methoxy groups -OCH3 is 2. The van der Waals surface area contributed by atoms with Crippen molar-refractivity contribution >= 4 is 0 Å². The van der Waals surface area contributed by atoms with Gasteiger partial charge in [-0.05, 0) is 29.7 Å². The van der Waals surface area contributed by atoms with Crippen molar-refractivity contribution in [2.24, 2.45) is 23.7 Å². The molecule has 0 amide bonds. The summed E-state index contributed by atoms with van der Waals surface area (Å²) in [4.78, 5) is 0. The van der Waals surface area contributed by atoms with Crippen LogP contribution in [-0.4, -0.2) is 20.3 Å². The van der Waals surface area contributed by atoms with Crippen LogP contribution in [0.2, 0.25) is 0 Å². The third-order valence-corrected chi connectivity index (χ3v) is 5.56. The van der Waals surface area contributed by atoms with Crippen LogP contribution in [0.15, 0.2) is 43.0 Å². The zero-order valence-electron chi connectivity index (χ0n) is 15.7. The molecule has 0 N–H and O–H groups in total. The fraction of sp³-hybridized carbons (Fsp3) is 0.619. The Labute approximate surface area is 142 Å². The van der Waals surface area contributed by atoms with Gasteiger partial charge in [-0.2, -0.15) is 0 Å². The van der Waals surface area contributed by atoms with Crippen molar-refractivity contribution in [1.29, 1.82) is 0 Å². The second kappa shape index (κ2) is 9.89. The molecule has 0 aromatic heterocycles. The van der Waals surface area contributed by atoms with Crippen molar-refractivity contribution in [3.63, 3.8) is 0 Å². The highest BCUT2D eigenvalue weighted by molar-refractivity contribution is 5.20. The van der Waals surface area contributed by atoms with E-state index in [1.54, 1.807) is 7.11 Å². The fourth-order valence-electron chi connectivity index (χ4n) is 3.69. The Hall–Kier alpha value is -1.12. The summed E-state index contributed by atoms with van der Waals surface area (Å²) >= 11 is 0. The van der Waals surface area contributed by atoms with Gasteiger partial charge in [-0.25, -0.2) is 0 Å². The van der Waals surface area contributed by atoms with Crippen LogP contribution in [0.5, 0.6) is 0 Å². The van der Waals surface area contributed by atoms with Crippen LogP contribution in [-0.2, 0) is 9.47 Å². The maximum absolute atomic E-state index is 5.85. The van der Waals surface area contributed by atoms with Gasteiger partial charge in [-0.15, -0.1) is 6.58 Å². The summed E-state index contributed by atoms with van der Waals surface area (Å²) in [6.45, 7) is 13.2. The smallest absolute Gasteiger partial charge is 0.0886 e. The van der Waals surface area contributed by atoms with Gasteiger partial charge in [0, 0.05) is 20.1 Å². The molecule has 130 valence electrons. The molecular formula is C21H34O2. The molecule has 0 radical (unpaired) electrons. The Bertz CT molecular complexity index is 438. The second-order valence-electron chi connectivity index (χ2n) is 6.64. The minimum absolute atomic E-state index is 0.0426. The normalized spacial score (nSPS) is 19.4. The van der Waals surface area contributed by atoms with Crippen molar-refractivity contribution in [3.8, 4) is 0 Å². The average Bonchev–Trinajstić information content (AvgIpc) is 2.59. The Morgan fingerprint density at radius 3 is 2.00 bits per heavy atom. The minimum atomic E-state index is 0.0426. The molecule has 2 nitrogen and oxygen atoms in total. The molecule has 0 fully saturated rings. The Morgan fingerprint density at radius 1 is 0.957 bits per heavy atom. The number of hydrogen-bond acceptors (Lipinski definition) is 2. The van der Waals surface area contributed by atoms with Gasteiger partial charge in [0.2, 0.25) is 0 Å². The highest BCUT2D eigenvalue weighted by atomic mass is 16.5. The molecule has 0 aliphatic heterocycles. The van der Waals surface area contributed by atoms with Gasteiger partial charge in [0.1, 0.15) is 0 Å². The van der Waals surface area contributed by atoms with Gasteiger partial charge in [0.25, 0.3) is 0 Å². The molecule has 0 spiro atoms. The summed E-state index contributed by atoms with van der Waals surface area (Å²) in [7, 11) is 3.61. The minimum Gasteiger partial charge on any atom is -0.381 e. The summed E-state index contributed by atoms with van der Waals surface area (Å²) in [6.07, 6.45) is 3.44. The molecule has 0 bridgehead atoms. The van der Waals surface area contributed by atoms with Gasteiger partial charge in [-0.3, -0.25) is 0 Å². The van der Waals surface area contributed by atoms with E-state index in [0.717, 1.165) is 6.42 Å². The Balaban J connectivity index is 2.96. The van der Waals surface area contributed by atoms with E-state index in [-0.39, 0.29) is 12.0 Å². The van der Waals surface area contributed by atoms with Gasteiger partial charge in [0.05, 0.1) is 12.2 Å². The molecule has 0 saturated heterocycles. The number of rotatable bonds is 10. The lowest BCUT2D eigenvalue weighted by atomic mass is 9.72. The van der Waals surface area contributed by atoms with Crippen LogP contribution in [0.3, 0.4) is 0 Å². The first kappa shape index (κ1) is 19.9. The van der Waals surface area contributed by atoms with E-state index < -0.39 is 0 Å². The number of hydrogen-bond donors (Lipinski definition) is 0. The van der Waals surface area contributed by atoms with Crippen molar-refractivity contribution in [2.45, 2.75) is 46.3 Å². The second-order valence-corrected chi connectivity index (χ2v) is 6.64. The SMILES string of the molecule is C=C[C@H](C(OC)c1ccccc1)[C@@H](C)[C@@H](C)[C@@H](C)[C@@H](CC)OC. The highest BCUT2D eigenvalue weighted by Crippen LogP contribution is 2.38. The van der Waals surface area contributed by atoms with E-state index in [9.17, 15) is 0 Å². The zero-order chi connectivity index (χ0) is 17.4. The maximum atomic E-state index is 5.85. The molecule has 0 aliphatic rings. The van der Waals surface area contributed by atoms with Crippen molar-refractivity contribution in [2.75, 3.05) is 14.2 Å². The first-order valence-electron chi connectivity index (χ1n) is 8.74. The lowest BCUT2D eigenvalue weighted by molar-refractivity contribution is -0.00434. The van der Waals surface area contributed by atoms with Crippen LogP contribution in [0.4, 0.5) is 0 Å². The lowest BCUT2D eigenvalue weighted by Crippen LogP contribution is -2.33. The molecule has 0 aliphatic carbocycles. The highest BCUT2D eigenvalue weighted by Gasteiger charge is 2.33. The van der Waals surface area contributed by atoms with Crippen LogP contribution < -0.4 is 0 Å². The summed E-state index contributed by atoms with van der Waals surface area (Å²) in [5, 5.41) is 0. The number of ether oxygens (including phenoxy) is 2. The third-order valence-electron chi connectivity index (χ3n) is 5.56. The molecule has 1 aromatic carbocycles. The predicted molar refractivity (Wildman–Crippen MR) is 98.5 cm³/mol. The van der Waals surface area contributed by atoms with E-state index in [2.05, 4.69) is 64.6 Å². The molecular weight excluding hydrogens is 284 g/mol.